The van der Waals surface area contributed by atoms with Gasteiger partial charge in [-0.15, -0.1) is 0 Å². The van der Waals surface area contributed by atoms with E-state index in [9.17, 15) is 18.0 Å². The molecule has 1 rings (SSSR count). The van der Waals surface area contributed by atoms with Crippen LogP contribution in [0.4, 0.5) is 0 Å². The Morgan fingerprint density at radius 3 is 2.50 bits per heavy atom. The Bertz CT molecular complexity index is 686. The summed E-state index contributed by atoms with van der Waals surface area (Å²) >= 11 is 0. The average molecular weight is 356 g/mol. The van der Waals surface area contributed by atoms with Crippen molar-refractivity contribution in [2.45, 2.75) is 38.5 Å². The highest BCUT2D eigenvalue weighted by Crippen LogP contribution is 2.16. The number of sulfonamides is 1. The van der Waals surface area contributed by atoms with Gasteiger partial charge in [-0.2, -0.15) is 0 Å². The summed E-state index contributed by atoms with van der Waals surface area (Å²) in [6.07, 6.45) is 0.0840. The molecule has 0 atom stereocenters. The van der Waals surface area contributed by atoms with Crippen LogP contribution in [0, 0.1) is 13.8 Å². The molecule has 1 aromatic rings. The number of aryl methyl sites for hydroxylation is 2. The summed E-state index contributed by atoms with van der Waals surface area (Å²) in [7, 11) is -3.65. The smallest absolute Gasteiger partial charge is 0.307 e. The van der Waals surface area contributed by atoms with Crippen molar-refractivity contribution in [1.29, 1.82) is 0 Å². The SMILES string of the molecule is CCOC(=O)CCNC(=O)CCNS(=O)(=O)c1cc(C)ccc1C. The molecule has 134 valence electrons. The maximum atomic E-state index is 12.3. The highest BCUT2D eigenvalue weighted by atomic mass is 32.2. The summed E-state index contributed by atoms with van der Waals surface area (Å²) in [5, 5.41) is 2.54. The summed E-state index contributed by atoms with van der Waals surface area (Å²) in [5.41, 5.74) is 1.49. The van der Waals surface area contributed by atoms with Gasteiger partial charge in [0.15, 0.2) is 0 Å². The molecule has 0 heterocycles. The van der Waals surface area contributed by atoms with Crippen molar-refractivity contribution >= 4 is 21.9 Å². The van der Waals surface area contributed by atoms with E-state index in [1.807, 2.05) is 13.0 Å². The maximum Gasteiger partial charge on any atom is 0.307 e. The largest absolute Gasteiger partial charge is 0.466 e. The molecule has 0 aliphatic heterocycles. The first kappa shape index (κ1) is 20.1. The molecule has 2 N–H and O–H groups in total. The molecule has 0 aliphatic carbocycles. The number of ether oxygens (including phenoxy) is 1. The Kier molecular flexibility index (Phi) is 7.87. The summed E-state index contributed by atoms with van der Waals surface area (Å²) in [6, 6.07) is 5.18. The molecule has 0 fully saturated rings. The van der Waals surface area contributed by atoms with Gasteiger partial charge in [0.2, 0.25) is 15.9 Å². The molecule has 0 spiro atoms. The van der Waals surface area contributed by atoms with Gasteiger partial charge in [0.1, 0.15) is 0 Å². The first-order valence-corrected chi connectivity index (χ1v) is 9.24. The third-order valence-corrected chi connectivity index (χ3v) is 4.84. The van der Waals surface area contributed by atoms with Gasteiger partial charge in [0.25, 0.3) is 0 Å². The molecule has 0 saturated carbocycles. The molecular formula is C16H24N2O5S. The molecule has 0 radical (unpaired) electrons. The number of benzene rings is 1. The van der Waals surface area contributed by atoms with Gasteiger partial charge < -0.3 is 10.1 Å². The van der Waals surface area contributed by atoms with Gasteiger partial charge in [-0.3, -0.25) is 9.59 Å². The van der Waals surface area contributed by atoms with E-state index < -0.39 is 10.0 Å². The molecule has 0 aliphatic rings. The van der Waals surface area contributed by atoms with Crippen molar-refractivity contribution in [3.05, 3.63) is 29.3 Å². The number of hydrogen-bond donors (Lipinski definition) is 2. The quantitative estimate of drug-likeness (QED) is 0.644. The standard InChI is InChI=1S/C16H24N2O5S/c1-4-23-16(20)8-9-17-15(19)7-10-18-24(21,22)14-11-12(2)5-6-13(14)3/h5-6,11,18H,4,7-10H2,1-3H3,(H,17,19). The van der Waals surface area contributed by atoms with Crippen LogP contribution in [-0.4, -0.2) is 40.0 Å². The highest BCUT2D eigenvalue weighted by molar-refractivity contribution is 7.89. The number of esters is 1. The minimum Gasteiger partial charge on any atom is -0.466 e. The number of rotatable bonds is 9. The lowest BCUT2D eigenvalue weighted by molar-refractivity contribution is -0.143. The Morgan fingerprint density at radius 1 is 1.12 bits per heavy atom. The average Bonchev–Trinajstić information content (AvgIpc) is 2.49. The van der Waals surface area contributed by atoms with E-state index in [4.69, 9.17) is 4.74 Å². The van der Waals surface area contributed by atoms with Crippen LogP contribution in [0.5, 0.6) is 0 Å². The molecule has 0 bridgehead atoms. The van der Waals surface area contributed by atoms with Gasteiger partial charge in [0.05, 0.1) is 17.9 Å². The van der Waals surface area contributed by atoms with Crippen molar-refractivity contribution in [2.75, 3.05) is 19.7 Å². The van der Waals surface area contributed by atoms with E-state index >= 15 is 0 Å². The number of carbonyl (C=O) groups excluding carboxylic acids is 2. The summed E-state index contributed by atoms with van der Waals surface area (Å²) in [5.74, 6) is -0.712. The van der Waals surface area contributed by atoms with E-state index in [0.717, 1.165) is 5.56 Å². The highest BCUT2D eigenvalue weighted by Gasteiger charge is 2.17. The summed E-state index contributed by atoms with van der Waals surface area (Å²) < 4.78 is 31.7. The second kappa shape index (κ2) is 9.39. The topological polar surface area (TPSA) is 102 Å². The van der Waals surface area contributed by atoms with Gasteiger partial charge in [-0.25, -0.2) is 13.1 Å². The van der Waals surface area contributed by atoms with Crippen LogP contribution in [0.2, 0.25) is 0 Å². The third kappa shape index (κ3) is 6.67. The summed E-state index contributed by atoms with van der Waals surface area (Å²) in [6.45, 7) is 5.69. The number of carbonyl (C=O) groups is 2. The fraction of sp³-hybridized carbons (Fsp3) is 0.500. The number of nitrogens with one attached hydrogen (secondary N) is 2. The monoisotopic (exact) mass is 356 g/mol. The van der Waals surface area contributed by atoms with E-state index in [0.29, 0.717) is 12.2 Å². The van der Waals surface area contributed by atoms with Gasteiger partial charge in [-0.05, 0) is 38.0 Å². The minimum absolute atomic E-state index is 0.00703. The Morgan fingerprint density at radius 2 is 1.83 bits per heavy atom. The second-order valence-electron chi connectivity index (χ2n) is 5.32. The van der Waals surface area contributed by atoms with Crippen molar-refractivity contribution in [1.82, 2.24) is 10.0 Å². The lowest BCUT2D eigenvalue weighted by Crippen LogP contribution is -2.32. The Labute approximate surface area is 142 Å². The molecule has 24 heavy (non-hydrogen) atoms. The Balaban J connectivity index is 2.42. The first-order valence-electron chi connectivity index (χ1n) is 7.75. The van der Waals surface area contributed by atoms with Gasteiger partial charge in [-0.1, -0.05) is 12.1 Å². The molecule has 0 unspecified atom stereocenters. The van der Waals surface area contributed by atoms with Crippen LogP contribution >= 0.6 is 0 Å². The predicted octanol–water partition coefficient (Wildman–Crippen LogP) is 1.04. The normalized spacial score (nSPS) is 11.1. The van der Waals surface area contributed by atoms with Crippen LogP contribution in [0.3, 0.4) is 0 Å². The van der Waals surface area contributed by atoms with Crippen LogP contribution in [0.15, 0.2) is 23.1 Å². The second-order valence-corrected chi connectivity index (χ2v) is 7.06. The van der Waals surface area contributed by atoms with Crippen LogP contribution in [0.1, 0.15) is 30.9 Å². The Hall–Kier alpha value is -1.93. The third-order valence-electron chi connectivity index (χ3n) is 3.23. The molecule has 0 saturated heterocycles. The fourth-order valence-electron chi connectivity index (χ4n) is 2.00. The van der Waals surface area contributed by atoms with Crippen LogP contribution in [-0.2, 0) is 24.3 Å². The zero-order valence-electron chi connectivity index (χ0n) is 14.2. The van der Waals surface area contributed by atoms with Crippen molar-refractivity contribution in [3.63, 3.8) is 0 Å². The molecule has 7 nitrogen and oxygen atoms in total. The lowest BCUT2D eigenvalue weighted by Gasteiger charge is -2.10. The van der Waals surface area contributed by atoms with Crippen molar-refractivity contribution in [3.8, 4) is 0 Å². The van der Waals surface area contributed by atoms with E-state index in [2.05, 4.69) is 10.0 Å². The van der Waals surface area contributed by atoms with Gasteiger partial charge in [0, 0.05) is 19.5 Å². The molecule has 1 aromatic carbocycles. The molecule has 1 amide bonds. The first-order chi connectivity index (χ1) is 11.3. The number of amides is 1. The van der Waals surface area contributed by atoms with Crippen molar-refractivity contribution < 1.29 is 22.7 Å². The van der Waals surface area contributed by atoms with E-state index in [1.165, 1.54) is 0 Å². The molecular weight excluding hydrogens is 332 g/mol. The van der Waals surface area contributed by atoms with Crippen LogP contribution in [0.25, 0.3) is 0 Å². The van der Waals surface area contributed by atoms with E-state index in [1.54, 1.807) is 26.0 Å². The van der Waals surface area contributed by atoms with Crippen LogP contribution < -0.4 is 10.0 Å². The van der Waals surface area contributed by atoms with E-state index in [-0.39, 0.29) is 42.7 Å². The summed E-state index contributed by atoms with van der Waals surface area (Å²) in [4.78, 5) is 23.0. The van der Waals surface area contributed by atoms with Gasteiger partial charge >= 0.3 is 5.97 Å². The predicted molar refractivity (Wildman–Crippen MR) is 90.0 cm³/mol. The fourth-order valence-corrected chi connectivity index (χ4v) is 3.36. The lowest BCUT2D eigenvalue weighted by atomic mass is 10.2. The van der Waals surface area contributed by atoms with Crippen molar-refractivity contribution in [2.24, 2.45) is 0 Å². The maximum absolute atomic E-state index is 12.3. The zero-order valence-corrected chi connectivity index (χ0v) is 15.0. The number of hydrogen-bond acceptors (Lipinski definition) is 5. The zero-order chi connectivity index (χ0) is 18.2. The molecule has 8 heteroatoms. The molecule has 0 aromatic heterocycles. The minimum atomic E-state index is -3.65.